The van der Waals surface area contributed by atoms with Crippen molar-refractivity contribution in [2.75, 3.05) is 26.2 Å². The number of amides is 1. The van der Waals surface area contributed by atoms with Crippen molar-refractivity contribution >= 4 is 5.91 Å². The van der Waals surface area contributed by atoms with Crippen LogP contribution in [0.3, 0.4) is 0 Å². The Bertz CT molecular complexity index is 286. The minimum atomic E-state index is 0.185. The molecular formula is C16H32N2O. The lowest BCUT2D eigenvalue weighted by atomic mass is 9.92. The van der Waals surface area contributed by atoms with E-state index in [0.717, 1.165) is 39.0 Å². The Hall–Kier alpha value is -0.570. The number of hydrogen-bond acceptors (Lipinski definition) is 2. The van der Waals surface area contributed by atoms with Gasteiger partial charge in [0.25, 0.3) is 0 Å². The van der Waals surface area contributed by atoms with Crippen molar-refractivity contribution in [2.45, 2.75) is 60.4 Å². The maximum atomic E-state index is 12.6. The third-order valence-electron chi connectivity index (χ3n) is 3.97. The van der Waals surface area contributed by atoms with Crippen molar-refractivity contribution < 1.29 is 4.79 Å². The van der Waals surface area contributed by atoms with Crippen molar-refractivity contribution in [1.82, 2.24) is 9.80 Å². The minimum absolute atomic E-state index is 0.185. The summed E-state index contributed by atoms with van der Waals surface area (Å²) in [6.45, 7) is 17.0. The minimum Gasteiger partial charge on any atom is -0.342 e. The van der Waals surface area contributed by atoms with Crippen LogP contribution >= 0.6 is 0 Å². The van der Waals surface area contributed by atoms with E-state index in [1.54, 1.807) is 0 Å². The molecule has 0 aliphatic carbocycles. The van der Waals surface area contributed by atoms with Crippen molar-refractivity contribution in [2.24, 2.45) is 11.3 Å². The molecule has 1 aliphatic heterocycles. The van der Waals surface area contributed by atoms with Gasteiger partial charge in [-0.15, -0.1) is 0 Å². The largest absolute Gasteiger partial charge is 0.342 e. The Morgan fingerprint density at radius 2 is 1.79 bits per heavy atom. The molecule has 1 rings (SSSR count). The van der Waals surface area contributed by atoms with E-state index in [2.05, 4.69) is 51.3 Å². The van der Waals surface area contributed by atoms with Crippen LogP contribution in [0.25, 0.3) is 0 Å². The van der Waals surface area contributed by atoms with Gasteiger partial charge in [0.15, 0.2) is 0 Å². The number of likely N-dealkylation sites (tertiary alicyclic amines) is 1. The van der Waals surface area contributed by atoms with E-state index in [1.165, 1.54) is 0 Å². The van der Waals surface area contributed by atoms with Crippen LogP contribution in [-0.2, 0) is 4.79 Å². The second-order valence-corrected chi connectivity index (χ2v) is 7.32. The number of nitrogens with zero attached hydrogens (tertiary/aromatic N) is 2. The predicted octanol–water partition coefficient (Wildman–Crippen LogP) is 3.00. The fraction of sp³-hybridized carbons (Fsp3) is 0.938. The molecule has 0 N–H and O–H groups in total. The second-order valence-electron chi connectivity index (χ2n) is 7.32. The third-order valence-corrected chi connectivity index (χ3v) is 3.97. The summed E-state index contributed by atoms with van der Waals surface area (Å²) in [5.74, 6) is 0.623. The molecule has 0 atom stereocenters. The van der Waals surface area contributed by atoms with Gasteiger partial charge in [-0.3, -0.25) is 4.79 Å². The van der Waals surface area contributed by atoms with Gasteiger partial charge in [0, 0.05) is 25.0 Å². The van der Waals surface area contributed by atoms with Crippen LogP contribution in [0.1, 0.15) is 54.4 Å². The molecular weight excluding hydrogens is 236 g/mol. The SMILES string of the molecule is CCN(CC(C)(C)C)C(=O)C1CCN(C(C)C)CC1. The highest BCUT2D eigenvalue weighted by atomic mass is 16.2. The molecule has 0 aromatic carbocycles. The molecule has 0 aromatic heterocycles. The molecule has 112 valence electrons. The zero-order valence-corrected chi connectivity index (χ0v) is 13.7. The van der Waals surface area contributed by atoms with E-state index in [1.807, 2.05) is 0 Å². The lowest BCUT2D eigenvalue weighted by Crippen LogP contribution is -2.46. The van der Waals surface area contributed by atoms with Crippen molar-refractivity contribution in [3.05, 3.63) is 0 Å². The summed E-state index contributed by atoms with van der Waals surface area (Å²) in [7, 11) is 0. The topological polar surface area (TPSA) is 23.6 Å². The molecule has 3 heteroatoms. The van der Waals surface area contributed by atoms with E-state index in [0.29, 0.717) is 11.9 Å². The zero-order chi connectivity index (χ0) is 14.6. The van der Waals surface area contributed by atoms with Gasteiger partial charge in [0.1, 0.15) is 0 Å². The summed E-state index contributed by atoms with van der Waals surface area (Å²) in [5.41, 5.74) is 0.185. The Morgan fingerprint density at radius 1 is 1.26 bits per heavy atom. The van der Waals surface area contributed by atoms with Crippen molar-refractivity contribution in [3.8, 4) is 0 Å². The zero-order valence-electron chi connectivity index (χ0n) is 13.7. The highest BCUT2D eigenvalue weighted by molar-refractivity contribution is 5.79. The van der Waals surface area contributed by atoms with Gasteiger partial charge in [0.05, 0.1) is 0 Å². The number of hydrogen-bond donors (Lipinski definition) is 0. The van der Waals surface area contributed by atoms with Crippen LogP contribution in [-0.4, -0.2) is 47.9 Å². The molecule has 0 bridgehead atoms. The van der Waals surface area contributed by atoms with Crippen LogP contribution in [0, 0.1) is 11.3 Å². The van der Waals surface area contributed by atoms with Crippen molar-refractivity contribution in [1.29, 1.82) is 0 Å². The van der Waals surface area contributed by atoms with E-state index >= 15 is 0 Å². The molecule has 0 unspecified atom stereocenters. The Kier molecular flexibility index (Phi) is 5.84. The highest BCUT2D eigenvalue weighted by Crippen LogP contribution is 2.23. The first-order chi connectivity index (χ1) is 8.74. The molecule has 0 aromatic rings. The summed E-state index contributed by atoms with van der Waals surface area (Å²) in [6.07, 6.45) is 2.05. The monoisotopic (exact) mass is 268 g/mol. The van der Waals surface area contributed by atoms with E-state index in [-0.39, 0.29) is 11.3 Å². The lowest BCUT2D eigenvalue weighted by molar-refractivity contribution is -0.138. The maximum absolute atomic E-state index is 12.6. The molecule has 1 heterocycles. The molecule has 1 saturated heterocycles. The van der Waals surface area contributed by atoms with Crippen LogP contribution < -0.4 is 0 Å². The summed E-state index contributed by atoms with van der Waals surface area (Å²) in [4.78, 5) is 17.1. The molecule has 1 fully saturated rings. The smallest absolute Gasteiger partial charge is 0.225 e. The number of rotatable bonds is 4. The highest BCUT2D eigenvalue weighted by Gasteiger charge is 2.30. The first-order valence-electron chi connectivity index (χ1n) is 7.77. The Labute approximate surface area is 119 Å². The number of piperidine rings is 1. The van der Waals surface area contributed by atoms with Crippen LogP contribution in [0.2, 0.25) is 0 Å². The van der Waals surface area contributed by atoms with Crippen LogP contribution in [0.4, 0.5) is 0 Å². The summed E-state index contributed by atoms with van der Waals surface area (Å²) in [6, 6.07) is 0.605. The molecule has 0 radical (unpaired) electrons. The molecule has 19 heavy (non-hydrogen) atoms. The maximum Gasteiger partial charge on any atom is 0.225 e. The second kappa shape index (κ2) is 6.74. The molecule has 0 saturated carbocycles. The first kappa shape index (κ1) is 16.5. The first-order valence-corrected chi connectivity index (χ1v) is 7.77. The predicted molar refractivity (Wildman–Crippen MR) is 81.1 cm³/mol. The summed E-state index contributed by atoms with van der Waals surface area (Å²) < 4.78 is 0. The van der Waals surface area contributed by atoms with Gasteiger partial charge >= 0.3 is 0 Å². The van der Waals surface area contributed by atoms with Gasteiger partial charge in [-0.25, -0.2) is 0 Å². The average Bonchev–Trinajstić information content (AvgIpc) is 2.34. The number of carbonyl (C=O) groups is 1. The fourth-order valence-corrected chi connectivity index (χ4v) is 2.84. The third kappa shape index (κ3) is 5.13. The van der Waals surface area contributed by atoms with Crippen LogP contribution in [0.5, 0.6) is 0 Å². The molecule has 3 nitrogen and oxygen atoms in total. The van der Waals surface area contributed by atoms with Gasteiger partial charge in [-0.05, 0) is 52.1 Å². The molecule has 1 amide bonds. The van der Waals surface area contributed by atoms with E-state index in [9.17, 15) is 4.79 Å². The van der Waals surface area contributed by atoms with E-state index in [4.69, 9.17) is 0 Å². The normalized spacial score (nSPS) is 18.9. The molecule has 0 spiro atoms. The fourth-order valence-electron chi connectivity index (χ4n) is 2.84. The Balaban J connectivity index is 2.53. The number of carbonyl (C=O) groups excluding carboxylic acids is 1. The quantitative estimate of drug-likeness (QED) is 0.782. The molecule has 1 aliphatic rings. The average molecular weight is 268 g/mol. The standard InChI is InChI=1S/C16H32N2O/c1-7-17(12-16(4,5)6)15(19)14-8-10-18(11-9-14)13(2)3/h13-14H,7-12H2,1-6H3. The van der Waals surface area contributed by atoms with Crippen LogP contribution in [0.15, 0.2) is 0 Å². The van der Waals surface area contributed by atoms with Gasteiger partial charge < -0.3 is 9.80 Å². The lowest BCUT2D eigenvalue weighted by Gasteiger charge is -2.37. The van der Waals surface area contributed by atoms with E-state index < -0.39 is 0 Å². The van der Waals surface area contributed by atoms with Gasteiger partial charge in [0.2, 0.25) is 5.91 Å². The van der Waals surface area contributed by atoms with Gasteiger partial charge in [-0.1, -0.05) is 20.8 Å². The van der Waals surface area contributed by atoms with Crippen molar-refractivity contribution in [3.63, 3.8) is 0 Å². The summed E-state index contributed by atoms with van der Waals surface area (Å²) >= 11 is 0. The summed E-state index contributed by atoms with van der Waals surface area (Å²) in [5, 5.41) is 0. The Morgan fingerprint density at radius 3 is 2.16 bits per heavy atom. The van der Waals surface area contributed by atoms with Gasteiger partial charge in [-0.2, -0.15) is 0 Å².